The molecule has 1 saturated heterocycles. The van der Waals surface area contributed by atoms with E-state index in [1.807, 2.05) is 0 Å². The summed E-state index contributed by atoms with van der Waals surface area (Å²) in [5, 5.41) is 9.21. The number of likely N-dealkylation sites (tertiary alicyclic amines) is 1. The molecule has 6 heteroatoms. The van der Waals surface area contributed by atoms with Crippen LogP contribution in [-0.4, -0.2) is 59.9 Å². The third-order valence-corrected chi connectivity index (χ3v) is 4.06. The van der Waals surface area contributed by atoms with Crippen LogP contribution in [0.1, 0.15) is 34.1 Å². The Bertz CT molecular complexity index is 609. The van der Waals surface area contributed by atoms with Crippen molar-refractivity contribution >= 4 is 17.8 Å². The fourth-order valence-electron chi connectivity index (χ4n) is 2.51. The van der Waals surface area contributed by atoms with Gasteiger partial charge in [0.05, 0.1) is 5.41 Å². The van der Waals surface area contributed by atoms with Gasteiger partial charge in [0.25, 0.3) is 11.8 Å². The summed E-state index contributed by atoms with van der Waals surface area (Å²) in [7, 11) is 3.33. The molecule has 1 aliphatic heterocycles. The molecule has 1 aromatic carbocycles. The van der Waals surface area contributed by atoms with Gasteiger partial charge in [-0.25, -0.2) is 0 Å². The van der Waals surface area contributed by atoms with Crippen LogP contribution in [0.25, 0.3) is 0 Å². The van der Waals surface area contributed by atoms with Gasteiger partial charge in [-0.15, -0.1) is 0 Å². The van der Waals surface area contributed by atoms with Crippen molar-refractivity contribution in [3.8, 4) is 0 Å². The van der Waals surface area contributed by atoms with E-state index in [9.17, 15) is 19.5 Å². The van der Waals surface area contributed by atoms with E-state index in [1.54, 1.807) is 50.2 Å². The Morgan fingerprint density at radius 3 is 2.14 bits per heavy atom. The summed E-state index contributed by atoms with van der Waals surface area (Å²) in [5.41, 5.74) is 0.0968. The van der Waals surface area contributed by atoms with E-state index in [-0.39, 0.29) is 18.4 Å². The Morgan fingerprint density at radius 1 is 1.14 bits per heavy atom. The monoisotopic (exact) mass is 304 g/mol. The quantitative estimate of drug-likeness (QED) is 0.913. The Hall–Kier alpha value is -2.37. The lowest BCUT2D eigenvalue weighted by Gasteiger charge is -2.20. The normalized spacial score (nSPS) is 20.8. The van der Waals surface area contributed by atoms with Gasteiger partial charge >= 0.3 is 5.97 Å². The number of benzene rings is 1. The molecule has 1 unspecified atom stereocenters. The van der Waals surface area contributed by atoms with E-state index in [1.165, 1.54) is 4.90 Å². The van der Waals surface area contributed by atoms with Crippen molar-refractivity contribution in [1.29, 1.82) is 0 Å². The second-order valence-electron chi connectivity index (χ2n) is 6.12. The minimum absolute atomic E-state index is 0.126. The molecule has 0 bridgehead atoms. The Balaban J connectivity index is 2.11. The Labute approximate surface area is 129 Å². The predicted octanol–water partition coefficient (Wildman–Crippen LogP) is 1.33. The van der Waals surface area contributed by atoms with Gasteiger partial charge < -0.3 is 14.9 Å². The molecular weight excluding hydrogens is 284 g/mol. The summed E-state index contributed by atoms with van der Waals surface area (Å²) >= 11 is 0. The number of carboxylic acids is 1. The molecule has 0 aliphatic carbocycles. The largest absolute Gasteiger partial charge is 0.481 e. The average molecular weight is 304 g/mol. The smallest absolute Gasteiger partial charge is 0.311 e. The SMILES string of the molecule is CN(C)C(=O)c1ccc(C(=O)N2CCC(C)(C(=O)O)C2)cc1. The highest BCUT2D eigenvalue weighted by atomic mass is 16.4. The highest BCUT2D eigenvalue weighted by molar-refractivity contribution is 5.98. The number of hydrogen-bond acceptors (Lipinski definition) is 3. The summed E-state index contributed by atoms with van der Waals surface area (Å²) < 4.78 is 0. The lowest BCUT2D eigenvalue weighted by atomic mass is 9.90. The molecule has 6 nitrogen and oxygen atoms in total. The second-order valence-corrected chi connectivity index (χ2v) is 6.12. The number of carboxylic acid groups (broad SMARTS) is 1. The minimum Gasteiger partial charge on any atom is -0.481 e. The number of rotatable bonds is 3. The molecule has 0 aromatic heterocycles. The van der Waals surface area contributed by atoms with E-state index in [0.717, 1.165) is 0 Å². The molecule has 2 rings (SSSR count). The van der Waals surface area contributed by atoms with Crippen molar-refractivity contribution in [3.05, 3.63) is 35.4 Å². The Morgan fingerprint density at radius 2 is 1.68 bits per heavy atom. The third-order valence-electron chi connectivity index (χ3n) is 4.06. The van der Waals surface area contributed by atoms with Gasteiger partial charge in [-0.2, -0.15) is 0 Å². The standard InChI is InChI=1S/C16H20N2O4/c1-16(15(21)22)8-9-18(10-16)14(20)12-6-4-11(5-7-12)13(19)17(2)3/h4-7H,8-10H2,1-3H3,(H,21,22). The number of hydrogen-bond donors (Lipinski definition) is 1. The summed E-state index contributed by atoms with van der Waals surface area (Å²) in [6.07, 6.45) is 0.450. The minimum atomic E-state index is -0.880. The van der Waals surface area contributed by atoms with Crippen LogP contribution in [0.15, 0.2) is 24.3 Å². The van der Waals surface area contributed by atoms with Crippen LogP contribution in [0, 0.1) is 5.41 Å². The zero-order chi connectivity index (χ0) is 16.5. The van der Waals surface area contributed by atoms with E-state index in [0.29, 0.717) is 24.1 Å². The first-order chi connectivity index (χ1) is 10.2. The van der Waals surface area contributed by atoms with E-state index in [2.05, 4.69) is 0 Å². The molecule has 0 saturated carbocycles. The van der Waals surface area contributed by atoms with Crippen molar-refractivity contribution in [3.63, 3.8) is 0 Å². The highest BCUT2D eigenvalue weighted by Gasteiger charge is 2.42. The van der Waals surface area contributed by atoms with E-state index >= 15 is 0 Å². The number of amides is 2. The molecule has 2 amide bonds. The molecule has 0 radical (unpaired) electrons. The molecule has 22 heavy (non-hydrogen) atoms. The van der Waals surface area contributed by atoms with Crippen LogP contribution in [0.5, 0.6) is 0 Å². The summed E-state index contributed by atoms with van der Waals surface area (Å²) in [6.45, 7) is 2.29. The first-order valence-electron chi connectivity index (χ1n) is 7.09. The van der Waals surface area contributed by atoms with Crippen LogP contribution in [0.4, 0.5) is 0 Å². The maximum Gasteiger partial charge on any atom is 0.311 e. The van der Waals surface area contributed by atoms with Crippen LogP contribution in [-0.2, 0) is 4.79 Å². The van der Waals surface area contributed by atoms with Gasteiger partial charge in [0, 0.05) is 38.3 Å². The van der Waals surface area contributed by atoms with Crippen LogP contribution in [0.2, 0.25) is 0 Å². The molecular formula is C16H20N2O4. The lowest BCUT2D eigenvalue weighted by molar-refractivity contribution is -0.147. The fraction of sp³-hybridized carbons (Fsp3) is 0.438. The zero-order valence-corrected chi connectivity index (χ0v) is 13.0. The topological polar surface area (TPSA) is 77.9 Å². The lowest BCUT2D eigenvalue weighted by Crippen LogP contribution is -2.34. The van der Waals surface area contributed by atoms with Crippen molar-refractivity contribution in [2.45, 2.75) is 13.3 Å². The maximum absolute atomic E-state index is 12.4. The van der Waals surface area contributed by atoms with E-state index in [4.69, 9.17) is 0 Å². The van der Waals surface area contributed by atoms with E-state index < -0.39 is 11.4 Å². The maximum atomic E-state index is 12.4. The predicted molar refractivity (Wildman–Crippen MR) is 80.7 cm³/mol. The van der Waals surface area contributed by atoms with Gasteiger partial charge in [0.1, 0.15) is 0 Å². The summed E-state index contributed by atoms with van der Waals surface area (Å²) in [5.74, 6) is -1.21. The van der Waals surface area contributed by atoms with Gasteiger partial charge in [-0.05, 0) is 37.6 Å². The molecule has 118 valence electrons. The fourth-order valence-corrected chi connectivity index (χ4v) is 2.51. The van der Waals surface area contributed by atoms with Gasteiger partial charge in [-0.3, -0.25) is 14.4 Å². The molecule has 1 fully saturated rings. The van der Waals surface area contributed by atoms with Gasteiger partial charge in [0.15, 0.2) is 0 Å². The van der Waals surface area contributed by atoms with Crippen molar-refractivity contribution in [2.75, 3.05) is 27.2 Å². The highest BCUT2D eigenvalue weighted by Crippen LogP contribution is 2.31. The zero-order valence-electron chi connectivity index (χ0n) is 13.0. The van der Waals surface area contributed by atoms with Gasteiger partial charge in [0.2, 0.25) is 0 Å². The van der Waals surface area contributed by atoms with Crippen LogP contribution >= 0.6 is 0 Å². The number of aliphatic carboxylic acids is 1. The molecule has 1 atom stereocenters. The van der Waals surface area contributed by atoms with Crippen molar-refractivity contribution < 1.29 is 19.5 Å². The first-order valence-corrected chi connectivity index (χ1v) is 7.09. The third kappa shape index (κ3) is 2.95. The number of carbonyl (C=O) groups excluding carboxylic acids is 2. The summed E-state index contributed by atoms with van der Waals surface area (Å²) in [4.78, 5) is 38.5. The molecule has 1 aliphatic rings. The number of carbonyl (C=O) groups is 3. The molecule has 1 heterocycles. The molecule has 1 N–H and O–H groups in total. The first kappa shape index (κ1) is 16.0. The molecule has 1 aromatic rings. The summed E-state index contributed by atoms with van der Waals surface area (Å²) in [6, 6.07) is 6.44. The second kappa shape index (κ2) is 5.79. The molecule has 0 spiro atoms. The van der Waals surface area contributed by atoms with Crippen LogP contribution in [0.3, 0.4) is 0 Å². The van der Waals surface area contributed by atoms with Crippen LogP contribution < -0.4 is 0 Å². The Kier molecular flexibility index (Phi) is 4.21. The van der Waals surface area contributed by atoms with Crippen molar-refractivity contribution in [1.82, 2.24) is 9.80 Å². The van der Waals surface area contributed by atoms with Gasteiger partial charge in [-0.1, -0.05) is 0 Å². The van der Waals surface area contributed by atoms with Crippen molar-refractivity contribution in [2.24, 2.45) is 5.41 Å². The average Bonchev–Trinajstić information content (AvgIpc) is 2.90. The number of nitrogens with zero attached hydrogens (tertiary/aromatic N) is 2.